The van der Waals surface area contributed by atoms with Crippen LogP contribution in [0.3, 0.4) is 0 Å². The first kappa shape index (κ1) is 17.8. The lowest BCUT2D eigenvalue weighted by atomic mass is 10.1. The van der Waals surface area contributed by atoms with Gasteiger partial charge in [-0.3, -0.25) is 9.52 Å². The molecule has 0 unspecified atom stereocenters. The summed E-state index contributed by atoms with van der Waals surface area (Å²) in [6, 6.07) is 10.1. The standard InChI is InChI=1S/C17H20N2O4S/c1-11-9-14(18-13(3)20)10-12(2)17(11)24(21,22)19-15-7-5-6-8-16(15)23-4/h5-10,19H,1-4H3,(H,18,20). The van der Waals surface area contributed by atoms with Crippen molar-refractivity contribution >= 4 is 27.3 Å². The van der Waals surface area contributed by atoms with Crippen molar-refractivity contribution < 1.29 is 17.9 Å². The molecule has 7 heteroatoms. The van der Waals surface area contributed by atoms with Gasteiger partial charge in [0.05, 0.1) is 17.7 Å². The number of anilines is 2. The van der Waals surface area contributed by atoms with Crippen molar-refractivity contribution in [3.63, 3.8) is 0 Å². The van der Waals surface area contributed by atoms with E-state index < -0.39 is 10.0 Å². The quantitative estimate of drug-likeness (QED) is 0.870. The number of nitrogens with one attached hydrogen (secondary N) is 2. The first-order valence-electron chi connectivity index (χ1n) is 7.29. The number of sulfonamides is 1. The van der Waals surface area contributed by atoms with E-state index >= 15 is 0 Å². The zero-order valence-corrected chi connectivity index (χ0v) is 14.8. The van der Waals surface area contributed by atoms with E-state index in [4.69, 9.17) is 4.74 Å². The molecule has 2 aromatic rings. The van der Waals surface area contributed by atoms with Gasteiger partial charge in [0.25, 0.3) is 10.0 Å². The maximum atomic E-state index is 12.8. The highest BCUT2D eigenvalue weighted by molar-refractivity contribution is 7.92. The summed E-state index contributed by atoms with van der Waals surface area (Å²) in [5.41, 5.74) is 2.01. The van der Waals surface area contributed by atoms with E-state index in [9.17, 15) is 13.2 Å². The van der Waals surface area contributed by atoms with Crippen LogP contribution in [0.4, 0.5) is 11.4 Å². The van der Waals surface area contributed by atoms with Crippen molar-refractivity contribution in [2.75, 3.05) is 17.1 Å². The molecule has 6 nitrogen and oxygen atoms in total. The van der Waals surface area contributed by atoms with Gasteiger partial charge in [-0.2, -0.15) is 0 Å². The molecule has 1 amide bonds. The van der Waals surface area contributed by atoms with E-state index in [1.165, 1.54) is 14.0 Å². The van der Waals surface area contributed by atoms with Crippen molar-refractivity contribution in [1.82, 2.24) is 0 Å². The number of methoxy groups -OCH3 is 1. The van der Waals surface area contributed by atoms with Gasteiger partial charge in [0, 0.05) is 12.6 Å². The zero-order chi connectivity index (χ0) is 17.9. The summed E-state index contributed by atoms with van der Waals surface area (Å²) in [5.74, 6) is 0.225. The van der Waals surface area contributed by atoms with Gasteiger partial charge in [-0.05, 0) is 49.2 Å². The maximum Gasteiger partial charge on any atom is 0.262 e. The molecular formula is C17H20N2O4S. The van der Waals surface area contributed by atoms with Crippen molar-refractivity contribution in [3.05, 3.63) is 47.5 Å². The molecule has 0 aliphatic rings. The van der Waals surface area contributed by atoms with Crippen LogP contribution >= 0.6 is 0 Å². The number of carbonyl (C=O) groups excluding carboxylic acids is 1. The highest BCUT2D eigenvalue weighted by Crippen LogP contribution is 2.30. The van der Waals surface area contributed by atoms with Crippen LogP contribution in [-0.2, 0) is 14.8 Å². The normalized spacial score (nSPS) is 11.0. The highest BCUT2D eigenvalue weighted by Gasteiger charge is 2.21. The predicted molar refractivity (Wildman–Crippen MR) is 94.0 cm³/mol. The molecule has 0 atom stereocenters. The summed E-state index contributed by atoms with van der Waals surface area (Å²) >= 11 is 0. The molecule has 0 saturated heterocycles. The Morgan fingerprint density at radius 2 is 1.67 bits per heavy atom. The third-order valence-electron chi connectivity index (χ3n) is 3.40. The van der Waals surface area contributed by atoms with Crippen LogP contribution in [0.2, 0.25) is 0 Å². The maximum absolute atomic E-state index is 12.8. The number of aryl methyl sites for hydroxylation is 2. The first-order chi connectivity index (χ1) is 11.2. The Kier molecular flexibility index (Phi) is 5.14. The third-order valence-corrected chi connectivity index (χ3v) is 5.07. The fraction of sp³-hybridized carbons (Fsp3) is 0.235. The molecular weight excluding hydrogens is 328 g/mol. The van der Waals surface area contributed by atoms with Gasteiger partial charge in [-0.15, -0.1) is 0 Å². The van der Waals surface area contributed by atoms with Gasteiger partial charge < -0.3 is 10.1 Å². The largest absolute Gasteiger partial charge is 0.495 e. The molecule has 0 bridgehead atoms. The second kappa shape index (κ2) is 6.92. The Hall–Kier alpha value is -2.54. The molecule has 0 aliphatic heterocycles. The van der Waals surface area contributed by atoms with E-state index in [2.05, 4.69) is 10.0 Å². The number of ether oxygens (including phenoxy) is 1. The molecule has 0 saturated carbocycles. The minimum absolute atomic E-state index is 0.183. The lowest BCUT2D eigenvalue weighted by molar-refractivity contribution is -0.114. The SMILES string of the molecule is COc1ccccc1NS(=O)(=O)c1c(C)cc(NC(C)=O)cc1C. The molecule has 0 radical (unpaired) electrons. The monoisotopic (exact) mass is 348 g/mol. The van der Waals surface area contributed by atoms with Gasteiger partial charge in [0.2, 0.25) is 5.91 Å². The predicted octanol–water partition coefficient (Wildman–Crippen LogP) is 3.07. The van der Waals surface area contributed by atoms with Crippen molar-refractivity contribution in [2.45, 2.75) is 25.7 Å². The Labute approximate surface area is 141 Å². The Morgan fingerprint density at radius 3 is 2.21 bits per heavy atom. The van der Waals surface area contributed by atoms with Crippen molar-refractivity contribution in [2.24, 2.45) is 0 Å². The van der Waals surface area contributed by atoms with Crippen molar-refractivity contribution in [1.29, 1.82) is 0 Å². The first-order valence-corrected chi connectivity index (χ1v) is 8.77. The molecule has 2 N–H and O–H groups in total. The summed E-state index contributed by atoms with van der Waals surface area (Å²) in [6.45, 7) is 4.78. The molecule has 2 aromatic carbocycles. The molecule has 24 heavy (non-hydrogen) atoms. The number of rotatable bonds is 5. The average molecular weight is 348 g/mol. The van der Waals surface area contributed by atoms with Crippen LogP contribution in [0, 0.1) is 13.8 Å². The van der Waals surface area contributed by atoms with E-state index in [0.717, 1.165) is 0 Å². The minimum atomic E-state index is -3.80. The van der Waals surface area contributed by atoms with E-state index in [0.29, 0.717) is 28.3 Å². The Balaban J connectivity index is 2.44. The topological polar surface area (TPSA) is 84.5 Å². The summed E-state index contributed by atoms with van der Waals surface area (Å²) < 4.78 is 33.3. The van der Waals surface area contributed by atoms with Gasteiger partial charge in [-0.25, -0.2) is 8.42 Å². The summed E-state index contributed by atoms with van der Waals surface area (Å²) in [6.07, 6.45) is 0. The molecule has 0 fully saturated rings. The number of benzene rings is 2. The molecule has 0 spiro atoms. The van der Waals surface area contributed by atoms with Crippen molar-refractivity contribution in [3.8, 4) is 5.75 Å². The minimum Gasteiger partial charge on any atom is -0.495 e. The Bertz CT molecular complexity index is 853. The van der Waals surface area contributed by atoms with Crippen LogP contribution in [-0.4, -0.2) is 21.4 Å². The lowest BCUT2D eigenvalue weighted by Crippen LogP contribution is -2.17. The number of para-hydroxylation sites is 2. The van der Waals surface area contributed by atoms with Crippen LogP contribution in [0.5, 0.6) is 5.75 Å². The fourth-order valence-electron chi connectivity index (χ4n) is 2.57. The van der Waals surface area contributed by atoms with Crippen LogP contribution in [0.15, 0.2) is 41.3 Å². The smallest absolute Gasteiger partial charge is 0.262 e. The fourth-order valence-corrected chi connectivity index (χ4v) is 4.10. The second-order valence-corrected chi connectivity index (χ2v) is 7.05. The average Bonchev–Trinajstić information content (AvgIpc) is 2.45. The molecule has 0 aliphatic carbocycles. The summed E-state index contributed by atoms with van der Waals surface area (Å²) in [5, 5.41) is 2.66. The molecule has 0 aromatic heterocycles. The molecule has 128 valence electrons. The highest BCUT2D eigenvalue weighted by atomic mass is 32.2. The number of carbonyl (C=O) groups is 1. The molecule has 0 heterocycles. The van der Waals surface area contributed by atoms with E-state index in [1.807, 2.05) is 0 Å². The molecule has 2 rings (SSSR count). The van der Waals surface area contributed by atoms with Gasteiger partial charge >= 0.3 is 0 Å². The van der Waals surface area contributed by atoms with Gasteiger partial charge in [-0.1, -0.05) is 12.1 Å². The number of hydrogen-bond donors (Lipinski definition) is 2. The summed E-state index contributed by atoms with van der Waals surface area (Å²) in [4.78, 5) is 11.4. The van der Waals surface area contributed by atoms with Crippen LogP contribution in [0.1, 0.15) is 18.1 Å². The number of hydrogen-bond acceptors (Lipinski definition) is 4. The van der Waals surface area contributed by atoms with Crippen LogP contribution < -0.4 is 14.8 Å². The van der Waals surface area contributed by atoms with Gasteiger partial charge in [0.15, 0.2) is 0 Å². The van der Waals surface area contributed by atoms with E-state index in [1.54, 1.807) is 50.2 Å². The second-order valence-electron chi connectivity index (χ2n) is 5.43. The lowest BCUT2D eigenvalue weighted by Gasteiger charge is -2.16. The van der Waals surface area contributed by atoms with Crippen LogP contribution in [0.25, 0.3) is 0 Å². The zero-order valence-electron chi connectivity index (χ0n) is 14.0. The summed E-state index contributed by atoms with van der Waals surface area (Å²) in [7, 11) is -2.32. The third kappa shape index (κ3) is 3.86. The van der Waals surface area contributed by atoms with E-state index in [-0.39, 0.29) is 10.8 Å². The number of amides is 1. The van der Waals surface area contributed by atoms with Gasteiger partial charge in [0.1, 0.15) is 5.75 Å². The Morgan fingerprint density at radius 1 is 1.08 bits per heavy atom.